The van der Waals surface area contributed by atoms with Gasteiger partial charge in [0.05, 0.1) is 0 Å². The van der Waals surface area contributed by atoms with E-state index in [0.29, 0.717) is 141 Å². The number of rotatable bonds is 40. The Bertz CT molecular complexity index is 3370. The third-order valence-corrected chi connectivity index (χ3v) is 20.5. The van der Waals surface area contributed by atoms with Gasteiger partial charge in [0.2, 0.25) is 23.6 Å². The van der Waals surface area contributed by atoms with E-state index < -0.39 is 32.2 Å². The van der Waals surface area contributed by atoms with Crippen LogP contribution in [0, 0.1) is 45.3 Å². The fourth-order valence-corrected chi connectivity index (χ4v) is 9.16. The van der Waals surface area contributed by atoms with E-state index in [1.165, 1.54) is 12.8 Å². The molecule has 4 atom stereocenters. The number of amides is 6. The molecule has 21 N–H and O–H groups in total. The molecule has 0 heterocycles. The van der Waals surface area contributed by atoms with Crippen LogP contribution in [0.25, 0.3) is 0 Å². The molecule has 4 unspecified atom stereocenters. The highest BCUT2D eigenvalue weighted by atomic mass is 16.5. The Kier molecular flexibility index (Phi) is 63.8. The molecular weight excluding hydrogens is 1490 g/mol. The van der Waals surface area contributed by atoms with Crippen LogP contribution in [0.2, 0.25) is 0 Å². The molecule has 0 saturated carbocycles. The van der Waals surface area contributed by atoms with Gasteiger partial charge in [0.25, 0.3) is 11.8 Å². The summed E-state index contributed by atoms with van der Waals surface area (Å²) in [7, 11) is 7.52. The van der Waals surface area contributed by atoms with E-state index in [-0.39, 0.29) is 46.3 Å². The number of carbonyl (C=O) groups excluding carboxylic acids is 6. The van der Waals surface area contributed by atoms with Crippen LogP contribution in [0.15, 0.2) is 72.8 Å². The van der Waals surface area contributed by atoms with Gasteiger partial charge < -0.3 is 109 Å². The second kappa shape index (κ2) is 64.1. The number of aryl methyl sites for hydroxylation is 1. The van der Waals surface area contributed by atoms with Crippen LogP contribution in [-0.4, -0.2) is 209 Å². The molecule has 6 amide bonds. The number of carbonyl (C=O) groups is 6. The normalized spacial score (nSPS) is 12.0. The summed E-state index contributed by atoms with van der Waals surface area (Å²) < 4.78 is 5.06. The Hall–Kier alpha value is -6.80. The molecule has 0 bridgehead atoms. The Morgan fingerprint density at radius 2 is 0.754 bits per heavy atom. The van der Waals surface area contributed by atoms with Gasteiger partial charge in [0.15, 0.2) is 0 Å². The minimum absolute atomic E-state index is 0.0434. The topological polar surface area (TPSA) is 439 Å². The average Bonchev–Trinajstić information content (AvgIpc) is 0.838. The standard InChI is InChI=1S/2C15H25BN2O3.C15H24BN2O3.C14H22BNO3.2C9H20N2O.2C5H13N/c1-6-15(2,3)14(19)17-12-7-8-13(16(20)21)11(9-12)10-18(4)5;1-6-15(2,3)14(19)17-12-8-7-11(10-18(4)5)13(9-12)16(20)21;1-5-11(2)9-17-15(19)12-6-7-14(21-16-20)13(8-12)10-18(3)4;1-4-10(3)9-16-14(17)12-7-6-11(5-2)13(8-12)15(18)19;2*1-4-9(2,3)8(12)11-7-5-6-10;2*1-3-5(2)4-6/h2*7-9,20-21H,6,10H2,1-5H3,(H,17,19);6-8,11,20H,5,9-10H2,1-4H3,(H,17,19);6-8,10,18-19H,4-5,9H2,1-3H3,(H,16,17);2*4-7,10H2,1-3H3,(H,11,12);2*5H,3-4,6H2,1-2H3. The first-order valence-corrected chi connectivity index (χ1v) is 42.2. The molecule has 27 nitrogen and oxygen atoms in total. The number of nitrogens with two attached hydrogens (primary N) is 4. The molecule has 4 rings (SSSR count). The summed E-state index contributed by atoms with van der Waals surface area (Å²) in [5.74, 6) is 2.72. The first-order chi connectivity index (χ1) is 55.0. The molecule has 0 fully saturated rings. The zero-order valence-corrected chi connectivity index (χ0v) is 77.7. The lowest BCUT2D eigenvalue weighted by Crippen LogP contribution is -2.37. The van der Waals surface area contributed by atoms with Crippen LogP contribution in [0.3, 0.4) is 0 Å². The summed E-state index contributed by atoms with van der Waals surface area (Å²) in [6, 6.07) is 20.6. The Labute approximate surface area is 714 Å². The SMILES string of the molecule is CCC(C)(C)C(=O)NCCCN.CCC(C)(C)C(=O)NCCCN.CCC(C)(C)C(=O)Nc1ccc(B(O)O)c(CN(C)C)c1.CCC(C)(C)C(=O)Nc1ccc(CN(C)C)c(B(O)O)c1.CCC(C)CN.CCC(C)CN.CCC(C)CNC(=O)c1ccc(O[B]O)c(CN(C)C)c1.CCc1ccc(C(=O)NCC(C)CC)cc1B(O)O. The van der Waals surface area contributed by atoms with Crippen LogP contribution < -0.4 is 75.9 Å². The van der Waals surface area contributed by atoms with Crippen molar-refractivity contribution in [1.29, 1.82) is 0 Å². The summed E-state index contributed by atoms with van der Waals surface area (Å²) in [5, 5.41) is 82.5. The predicted octanol–water partition coefficient (Wildman–Crippen LogP) is 7.50. The maximum Gasteiger partial charge on any atom is 0.569 e. The summed E-state index contributed by atoms with van der Waals surface area (Å²) in [6.45, 7) is 49.6. The molecule has 118 heavy (non-hydrogen) atoms. The molecular formula is C87H162B4N13O14. The van der Waals surface area contributed by atoms with E-state index in [0.717, 1.165) is 86.7 Å². The van der Waals surface area contributed by atoms with Gasteiger partial charge in [-0.05, 0) is 225 Å². The molecule has 671 valence electrons. The maximum atomic E-state index is 12.2. The van der Waals surface area contributed by atoms with Crippen molar-refractivity contribution < 1.29 is 68.6 Å². The van der Waals surface area contributed by atoms with Crippen molar-refractivity contribution in [1.82, 2.24) is 36.0 Å². The van der Waals surface area contributed by atoms with E-state index in [2.05, 4.69) is 87.3 Å². The van der Waals surface area contributed by atoms with Crippen LogP contribution in [0.5, 0.6) is 5.75 Å². The Balaban J connectivity index is -0.000000649. The molecule has 0 spiro atoms. The fourth-order valence-electron chi connectivity index (χ4n) is 9.16. The summed E-state index contributed by atoms with van der Waals surface area (Å²) >= 11 is 0. The quantitative estimate of drug-likeness (QED) is 0.0151. The van der Waals surface area contributed by atoms with Gasteiger partial charge in [-0.25, -0.2) is 0 Å². The lowest BCUT2D eigenvalue weighted by molar-refractivity contribution is -0.130. The van der Waals surface area contributed by atoms with Crippen molar-refractivity contribution >= 4 is 92.2 Å². The van der Waals surface area contributed by atoms with Crippen molar-refractivity contribution in [2.75, 3.05) is 105 Å². The minimum atomic E-state index is -1.56. The maximum absolute atomic E-state index is 12.2. The molecule has 0 aliphatic heterocycles. The Morgan fingerprint density at radius 1 is 0.415 bits per heavy atom. The zero-order valence-electron chi connectivity index (χ0n) is 77.7. The number of nitrogens with zero attached hydrogens (tertiary/aromatic N) is 3. The van der Waals surface area contributed by atoms with Gasteiger partial charge in [-0.2, -0.15) is 0 Å². The van der Waals surface area contributed by atoms with Gasteiger partial charge in [0, 0.05) is 95.5 Å². The van der Waals surface area contributed by atoms with Crippen LogP contribution in [0.4, 0.5) is 11.4 Å². The molecule has 0 aliphatic rings. The highest BCUT2D eigenvalue weighted by Crippen LogP contribution is 2.26. The zero-order chi connectivity index (χ0) is 91.9. The highest BCUT2D eigenvalue weighted by molar-refractivity contribution is 6.60. The van der Waals surface area contributed by atoms with Crippen LogP contribution in [-0.2, 0) is 45.2 Å². The molecule has 0 aromatic heterocycles. The number of benzene rings is 4. The van der Waals surface area contributed by atoms with E-state index in [1.54, 1.807) is 66.7 Å². The van der Waals surface area contributed by atoms with E-state index in [4.69, 9.17) is 32.6 Å². The number of hydrogen-bond donors (Lipinski definition) is 17. The third kappa shape index (κ3) is 51.1. The Morgan fingerprint density at radius 3 is 1.09 bits per heavy atom. The number of anilines is 2. The van der Waals surface area contributed by atoms with E-state index >= 15 is 0 Å². The summed E-state index contributed by atoms with van der Waals surface area (Å²) in [4.78, 5) is 77.2. The second-order valence-electron chi connectivity index (χ2n) is 33.6. The monoisotopic (exact) mass is 1660 g/mol. The molecule has 0 saturated heterocycles. The van der Waals surface area contributed by atoms with Gasteiger partial charge in [-0.3, -0.25) is 28.8 Å². The highest BCUT2D eigenvalue weighted by Gasteiger charge is 2.29. The molecule has 0 aliphatic carbocycles. The lowest BCUT2D eigenvalue weighted by Gasteiger charge is -2.22. The van der Waals surface area contributed by atoms with Crippen molar-refractivity contribution in [2.45, 2.75) is 236 Å². The largest absolute Gasteiger partial charge is 0.569 e. The van der Waals surface area contributed by atoms with Crippen molar-refractivity contribution in [3.63, 3.8) is 0 Å². The predicted molar refractivity (Wildman–Crippen MR) is 493 cm³/mol. The van der Waals surface area contributed by atoms with Crippen molar-refractivity contribution in [3.05, 3.63) is 106 Å². The second-order valence-corrected chi connectivity index (χ2v) is 33.6. The lowest BCUT2D eigenvalue weighted by atomic mass is 9.75. The molecule has 4 aromatic carbocycles. The van der Waals surface area contributed by atoms with Gasteiger partial charge in [-0.1, -0.05) is 189 Å². The molecule has 4 aromatic rings. The van der Waals surface area contributed by atoms with Gasteiger partial charge in [-0.15, -0.1) is 0 Å². The van der Waals surface area contributed by atoms with Gasteiger partial charge >= 0.3 is 29.0 Å². The smallest absolute Gasteiger partial charge is 0.537 e. The molecule has 31 heteroatoms. The van der Waals surface area contributed by atoms with Crippen molar-refractivity contribution in [2.24, 2.45) is 68.3 Å². The van der Waals surface area contributed by atoms with Crippen LogP contribution in [0.1, 0.15) is 253 Å². The first-order valence-electron chi connectivity index (χ1n) is 42.2. The molecule has 1 radical (unpaired) electrons. The van der Waals surface area contributed by atoms with Gasteiger partial charge in [0.1, 0.15) is 5.75 Å². The number of nitrogens with one attached hydrogen (secondary N) is 6. The van der Waals surface area contributed by atoms with E-state index in [1.807, 2.05) is 153 Å². The van der Waals surface area contributed by atoms with Crippen LogP contribution >= 0.6 is 0 Å². The number of hydrogen-bond acceptors (Lipinski definition) is 21. The summed E-state index contributed by atoms with van der Waals surface area (Å²) in [5.41, 5.74) is 26.7. The van der Waals surface area contributed by atoms with E-state index in [9.17, 15) is 58.9 Å². The third-order valence-electron chi connectivity index (χ3n) is 20.5. The fraction of sp³-hybridized carbons (Fsp3) is 0.655. The average molecular weight is 1660 g/mol. The minimum Gasteiger partial charge on any atom is -0.537 e. The summed E-state index contributed by atoms with van der Waals surface area (Å²) in [6.07, 6.45) is 10.1. The van der Waals surface area contributed by atoms with Crippen molar-refractivity contribution in [3.8, 4) is 5.75 Å². The first kappa shape index (κ1) is 118.